The first-order chi connectivity index (χ1) is 7.89. The summed E-state index contributed by atoms with van der Waals surface area (Å²) in [5.41, 5.74) is 0.0876. The average Bonchev–Trinajstić information content (AvgIpc) is 2.29. The van der Waals surface area contributed by atoms with Gasteiger partial charge in [-0.15, -0.1) is 0 Å². The van der Waals surface area contributed by atoms with Crippen LogP contribution in [0.2, 0.25) is 0 Å². The van der Waals surface area contributed by atoms with Crippen LogP contribution in [0.5, 0.6) is 0 Å². The highest BCUT2D eigenvalue weighted by Crippen LogP contribution is 2.12. The van der Waals surface area contributed by atoms with Gasteiger partial charge in [0.2, 0.25) is 10.0 Å². The van der Waals surface area contributed by atoms with Gasteiger partial charge < -0.3 is 4.74 Å². The second-order valence-electron chi connectivity index (χ2n) is 3.39. The molecule has 0 saturated carbocycles. The van der Waals surface area contributed by atoms with Gasteiger partial charge in [-0.25, -0.2) is 22.5 Å². The summed E-state index contributed by atoms with van der Waals surface area (Å²) in [7, 11) is -0.663. The SMILES string of the molecule is CCOC(=O)c1ccc(S(=O)(=O)N(C)C)cn1. The molecule has 7 heteroatoms. The maximum absolute atomic E-state index is 11.7. The highest BCUT2D eigenvalue weighted by atomic mass is 32.2. The number of ether oxygens (including phenoxy) is 1. The maximum Gasteiger partial charge on any atom is 0.356 e. The second kappa shape index (κ2) is 5.24. The van der Waals surface area contributed by atoms with E-state index in [4.69, 9.17) is 4.74 Å². The quantitative estimate of drug-likeness (QED) is 0.735. The Morgan fingerprint density at radius 1 is 1.41 bits per heavy atom. The van der Waals surface area contributed by atoms with E-state index in [0.29, 0.717) is 0 Å². The molecule has 0 atom stereocenters. The van der Waals surface area contributed by atoms with E-state index >= 15 is 0 Å². The molecular formula is C10H14N2O4S. The second-order valence-corrected chi connectivity index (χ2v) is 5.54. The molecule has 1 aromatic heterocycles. The lowest BCUT2D eigenvalue weighted by Crippen LogP contribution is -2.22. The summed E-state index contributed by atoms with van der Waals surface area (Å²) in [4.78, 5) is 15.1. The van der Waals surface area contributed by atoms with Crippen LogP contribution in [0.1, 0.15) is 17.4 Å². The molecular weight excluding hydrogens is 244 g/mol. The minimum Gasteiger partial charge on any atom is -0.461 e. The van der Waals surface area contributed by atoms with Gasteiger partial charge in [0.25, 0.3) is 0 Å². The monoisotopic (exact) mass is 258 g/mol. The normalized spacial score (nSPS) is 11.5. The van der Waals surface area contributed by atoms with Crippen molar-refractivity contribution in [1.29, 1.82) is 0 Å². The molecule has 17 heavy (non-hydrogen) atoms. The summed E-state index contributed by atoms with van der Waals surface area (Å²) in [5, 5.41) is 0. The van der Waals surface area contributed by atoms with Crippen LogP contribution in [0.15, 0.2) is 23.2 Å². The molecule has 0 fully saturated rings. The number of rotatable bonds is 4. The number of nitrogens with zero attached hydrogens (tertiary/aromatic N) is 2. The molecule has 0 spiro atoms. The molecule has 0 N–H and O–H groups in total. The van der Waals surface area contributed by atoms with Crippen LogP contribution in [0.3, 0.4) is 0 Å². The van der Waals surface area contributed by atoms with E-state index in [0.717, 1.165) is 10.5 Å². The lowest BCUT2D eigenvalue weighted by atomic mass is 10.3. The molecule has 0 unspecified atom stereocenters. The highest BCUT2D eigenvalue weighted by molar-refractivity contribution is 7.89. The zero-order valence-corrected chi connectivity index (χ0v) is 10.7. The summed E-state index contributed by atoms with van der Waals surface area (Å²) in [5.74, 6) is -0.568. The molecule has 0 bridgehead atoms. The number of aromatic nitrogens is 1. The standard InChI is InChI=1S/C10H14N2O4S/c1-4-16-10(13)9-6-5-8(7-11-9)17(14,15)12(2)3/h5-7H,4H2,1-3H3. The van der Waals surface area contributed by atoms with Gasteiger partial charge in [-0.1, -0.05) is 0 Å². The van der Waals surface area contributed by atoms with Crippen molar-refractivity contribution in [2.75, 3.05) is 20.7 Å². The number of hydrogen-bond acceptors (Lipinski definition) is 5. The van der Waals surface area contributed by atoms with Gasteiger partial charge in [-0.3, -0.25) is 0 Å². The van der Waals surface area contributed by atoms with E-state index in [1.165, 1.54) is 26.2 Å². The van der Waals surface area contributed by atoms with Crippen LogP contribution < -0.4 is 0 Å². The van der Waals surface area contributed by atoms with Crippen molar-refractivity contribution in [2.45, 2.75) is 11.8 Å². The fourth-order valence-electron chi connectivity index (χ4n) is 1.07. The topological polar surface area (TPSA) is 76.6 Å². The summed E-state index contributed by atoms with van der Waals surface area (Å²) in [6.45, 7) is 1.93. The minimum atomic E-state index is -3.51. The lowest BCUT2D eigenvalue weighted by Gasteiger charge is -2.10. The Morgan fingerprint density at radius 2 is 2.06 bits per heavy atom. The predicted molar refractivity (Wildman–Crippen MR) is 61.1 cm³/mol. The van der Waals surface area contributed by atoms with Gasteiger partial charge >= 0.3 is 5.97 Å². The first-order valence-corrected chi connectivity index (χ1v) is 6.39. The first-order valence-electron chi connectivity index (χ1n) is 4.95. The number of carbonyl (C=O) groups is 1. The van der Waals surface area contributed by atoms with E-state index < -0.39 is 16.0 Å². The van der Waals surface area contributed by atoms with Crippen molar-refractivity contribution in [3.63, 3.8) is 0 Å². The Kier molecular flexibility index (Phi) is 4.19. The third-order valence-corrected chi connectivity index (χ3v) is 3.80. The van der Waals surface area contributed by atoms with Crippen molar-refractivity contribution in [3.05, 3.63) is 24.0 Å². The van der Waals surface area contributed by atoms with E-state index in [1.54, 1.807) is 6.92 Å². The van der Waals surface area contributed by atoms with E-state index in [1.807, 2.05) is 0 Å². The third kappa shape index (κ3) is 3.01. The number of pyridine rings is 1. The fourth-order valence-corrected chi connectivity index (χ4v) is 1.92. The van der Waals surface area contributed by atoms with Gasteiger partial charge in [0.15, 0.2) is 0 Å². The van der Waals surface area contributed by atoms with Crippen LogP contribution >= 0.6 is 0 Å². The summed E-state index contributed by atoms with van der Waals surface area (Å²) in [6, 6.07) is 2.66. The van der Waals surface area contributed by atoms with Crippen molar-refractivity contribution in [2.24, 2.45) is 0 Å². The number of hydrogen-bond donors (Lipinski definition) is 0. The molecule has 1 heterocycles. The lowest BCUT2D eigenvalue weighted by molar-refractivity contribution is 0.0519. The Balaban J connectivity index is 3.01. The van der Waals surface area contributed by atoms with E-state index in [-0.39, 0.29) is 17.2 Å². The van der Waals surface area contributed by atoms with E-state index in [2.05, 4.69) is 4.98 Å². The highest BCUT2D eigenvalue weighted by Gasteiger charge is 2.18. The first kappa shape index (κ1) is 13.6. The zero-order valence-electron chi connectivity index (χ0n) is 9.87. The maximum atomic E-state index is 11.7. The van der Waals surface area contributed by atoms with Gasteiger partial charge in [0, 0.05) is 20.3 Å². The molecule has 0 aliphatic rings. The zero-order chi connectivity index (χ0) is 13.1. The number of carbonyl (C=O) groups excluding carboxylic acids is 1. The van der Waals surface area contributed by atoms with Crippen LogP contribution in [0, 0.1) is 0 Å². The van der Waals surface area contributed by atoms with Crippen LogP contribution in [-0.2, 0) is 14.8 Å². The smallest absolute Gasteiger partial charge is 0.356 e. The van der Waals surface area contributed by atoms with Crippen LogP contribution in [0.25, 0.3) is 0 Å². The van der Waals surface area contributed by atoms with Gasteiger partial charge in [-0.05, 0) is 19.1 Å². The van der Waals surface area contributed by atoms with Crippen molar-refractivity contribution >= 4 is 16.0 Å². The Bertz CT molecular complexity index is 494. The molecule has 0 aliphatic heterocycles. The van der Waals surface area contributed by atoms with Crippen molar-refractivity contribution in [1.82, 2.24) is 9.29 Å². The molecule has 0 saturated heterocycles. The Morgan fingerprint density at radius 3 is 2.47 bits per heavy atom. The summed E-state index contributed by atoms with van der Waals surface area (Å²) < 4.78 is 29.2. The van der Waals surface area contributed by atoms with E-state index in [9.17, 15) is 13.2 Å². The fraction of sp³-hybridized carbons (Fsp3) is 0.400. The number of sulfonamides is 1. The molecule has 0 aromatic carbocycles. The van der Waals surface area contributed by atoms with Gasteiger partial charge in [0.1, 0.15) is 10.6 Å². The van der Waals surface area contributed by atoms with Crippen molar-refractivity contribution in [3.8, 4) is 0 Å². The Hall–Kier alpha value is -1.47. The molecule has 0 amide bonds. The van der Waals surface area contributed by atoms with Crippen molar-refractivity contribution < 1.29 is 17.9 Å². The minimum absolute atomic E-state index is 0.0375. The largest absolute Gasteiger partial charge is 0.461 e. The van der Waals surface area contributed by atoms with Crippen LogP contribution in [0.4, 0.5) is 0 Å². The predicted octanol–water partition coefficient (Wildman–Crippen LogP) is 0.509. The van der Waals surface area contributed by atoms with Gasteiger partial charge in [0.05, 0.1) is 6.61 Å². The molecule has 0 radical (unpaired) electrons. The summed E-state index contributed by atoms with van der Waals surface area (Å²) >= 11 is 0. The summed E-state index contributed by atoms with van der Waals surface area (Å²) in [6.07, 6.45) is 1.14. The third-order valence-electron chi connectivity index (χ3n) is 2.00. The Labute approximate surface area is 100 Å². The molecule has 94 valence electrons. The number of esters is 1. The van der Waals surface area contributed by atoms with Gasteiger partial charge in [-0.2, -0.15) is 0 Å². The molecule has 1 aromatic rings. The molecule has 0 aliphatic carbocycles. The average molecular weight is 258 g/mol. The molecule has 6 nitrogen and oxygen atoms in total. The molecule has 1 rings (SSSR count). The van der Waals surface area contributed by atoms with Crippen LogP contribution in [-0.4, -0.2) is 44.4 Å².